The van der Waals surface area contributed by atoms with Gasteiger partial charge in [-0.1, -0.05) is 13.3 Å². The first-order valence-electron chi connectivity index (χ1n) is 5.40. The van der Waals surface area contributed by atoms with Crippen LogP contribution in [-0.4, -0.2) is 36.8 Å². The summed E-state index contributed by atoms with van der Waals surface area (Å²) in [4.78, 5) is 1.42. The zero-order valence-corrected chi connectivity index (χ0v) is 9.48. The van der Waals surface area contributed by atoms with Crippen molar-refractivity contribution in [3.63, 3.8) is 0 Å². The van der Waals surface area contributed by atoms with E-state index in [0.717, 1.165) is 19.3 Å². The number of rotatable bonds is 7. The maximum Gasteiger partial charge on any atom is 0.401 e. The van der Waals surface area contributed by atoms with Crippen molar-refractivity contribution in [2.24, 2.45) is 5.73 Å². The molecule has 0 rings (SSSR count). The Kier molecular flexibility index (Phi) is 6.92. The fourth-order valence-electron chi connectivity index (χ4n) is 1.40. The highest BCUT2D eigenvalue weighted by atomic mass is 19.4. The first kappa shape index (κ1) is 14.7. The minimum Gasteiger partial charge on any atom is -0.328 e. The monoisotopic (exact) mass is 226 g/mol. The standard InChI is InChI=1S/C10H21F3N2/c1-3-15(8-10(11,12)13)7-5-4-6-9(2)14/h9H,3-8,14H2,1-2H3. The molecule has 0 fully saturated rings. The molecule has 0 aliphatic rings. The molecule has 0 bridgehead atoms. The Morgan fingerprint density at radius 1 is 1.27 bits per heavy atom. The lowest BCUT2D eigenvalue weighted by Crippen LogP contribution is -2.34. The second-order valence-corrected chi connectivity index (χ2v) is 3.96. The molecular weight excluding hydrogens is 205 g/mol. The molecule has 0 saturated carbocycles. The fourth-order valence-corrected chi connectivity index (χ4v) is 1.40. The summed E-state index contributed by atoms with van der Waals surface area (Å²) in [5.41, 5.74) is 5.55. The number of nitrogens with two attached hydrogens (primary N) is 1. The second-order valence-electron chi connectivity index (χ2n) is 3.96. The molecule has 1 unspecified atom stereocenters. The van der Waals surface area contributed by atoms with Crippen molar-refractivity contribution in [1.29, 1.82) is 0 Å². The van der Waals surface area contributed by atoms with Crippen LogP contribution in [0.2, 0.25) is 0 Å². The van der Waals surface area contributed by atoms with Crippen LogP contribution in [0.15, 0.2) is 0 Å². The molecule has 0 heterocycles. The molecule has 0 aliphatic heterocycles. The van der Waals surface area contributed by atoms with E-state index in [4.69, 9.17) is 5.73 Å². The third-order valence-corrected chi connectivity index (χ3v) is 2.23. The highest BCUT2D eigenvalue weighted by Crippen LogP contribution is 2.16. The summed E-state index contributed by atoms with van der Waals surface area (Å²) in [5, 5.41) is 0. The van der Waals surface area contributed by atoms with E-state index >= 15 is 0 Å². The summed E-state index contributed by atoms with van der Waals surface area (Å²) in [6.07, 6.45) is -1.53. The number of hydrogen-bond acceptors (Lipinski definition) is 2. The van der Waals surface area contributed by atoms with Gasteiger partial charge in [0.2, 0.25) is 0 Å². The maximum absolute atomic E-state index is 12.1. The van der Waals surface area contributed by atoms with Crippen molar-refractivity contribution >= 4 is 0 Å². The first-order chi connectivity index (χ1) is 6.85. The summed E-state index contributed by atoms with van der Waals surface area (Å²) in [5.74, 6) is 0. The highest BCUT2D eigenvalue weighted by molar-refractivity contribution is 4.62. The van der Waals surface area contributed by atoms with Crippen LogP contribution < -0.4 is 5.73 Å². The molecule has 0 aromatic heterocycles. The van der Waals surface area contributed by atoms with E-state index < -0.39 is 12.7 Å². The van der Waals surface area contributed by atoms with Gasteiger partial charge < -0.3 is 5.73 Å². The molecule has 2 N–H and O–H groups in total. The molecule has 1 atom stereocenters. The van der Waals surface area contributed by atoms with Gasteiger partial charge in [0.1, 0.15) is 0 Å². The quantitative estimate of drug-likeness (QED) is 0.675. The van der Waals surface area contributed by atoms with Gasteiger partial charge in [-0.05, 0) is 32.9 Å². The van der Waals surface area contributed by atoms with E-state index in [1.54, 1.807) is 6.92 Å². The minimum absolute atomic E-state index is 0.141. The van der Waals surface area contributed by atoms with Gasteiger partial charge in [0.05, 0.1) is 6.54 Å². The van der Waals surface area contributed by atoms with E-state index in [1.165, 1.54) is 4.90 Å². The van der Waals surface area contributed by atoms with Crippen molar-refractivity contribution in [1.82, 2.24) is 4.90 Å². The summed E-state index contributed by atoms with van der Waals surface area (Å²) in [6, 6.07) is 0.141. The van der Waals surface area contributed by atoms with Gasteiger partial charge in [-0.25, -0.2) is 0 Å². The molecular formula is C10H21F3N2. The smallest absolute Gasteiger partial charge is 0.328 e. The Hall–Kier alpha value is -0.290. The molecule has 15 heavy (non-hydrogen) atoms. The van der Waals surface area contributed by atoms with Crippen LogP contribution in [-0.2, 0) is 0 Å². The number of halogens is 3. The molecule has 0 aromatic rings. The predicted octanol–water partition coefficient (Wildman–Crippen LogP) is 2.39. The van der Waals surface area contributed by atoms with Gasteiger partial charge in [-0.3, -0.25) is 4.90 Å². The number of hydrogen-bond donors (Lipinski definition) is 1. The van der Waals surface area contributed by atoms with E-state index in [1.807, 2.05) is 6.92 Å². The lowest BCUT2D eigenvalue weighted by atomic mass is 10.1. The van der Waals surface area contributed by atoms with Crippen molar-refractivity contribution in [2.45, 2.75) is 45.3 Å². The Morgan fingerprint density at radius 2 is 1.87 bits per heavy atom. The van der Waals surface area contributed by atoms with Crippen LogP contribution in [0.3, 0.4) is 0 Å². The predicted molar refractivity (Wildman–Crippen MR) is 55.7 cm³/mol. The summed E-state index contributed by atoms with van der Waals surface area (Å²) < 4.78 is 36.2. The lowest BCUT2D eigenvalue weighted by molar-refractivity contribution is -0.145. The largest absolute Gasteiger partial charge is 0.401 e. The van der Waals surface area contributed by atoms with Gasteiger partial charge in [0.25, 0.3) is 0 Å². The van der Waals surface area contributed by atoms with Crippen LogP contribution in [0.1, 0.15) is 33.1 Å². The number of unbranched alkanes of at least 4 members (excludes halogenated alkanes) is 1. The van der Waals surface area contributed by atoms with Gasteiger partial charge in [0, 0.05) is 6.04 Å². The molecule has 0 saturated heterocycles. The first-order valence-corrected chi connectivity index (χ1v) is 5.40. The van der Waals surface area contributed by atoms with Gasteiger partial charge in [-0.2, -0.15) is 13.2 Å². The molecule has 2 nitrogen and oxygen atoms in total. The van der Waals surface area contributed by atoms with E-state index in [-0.39, 0.29) is 6.04 Å². The van der Waals surface area contributed by atoms with Crippen molar-refractivity contribution in [3.05, 3.63) is 0 Å². The third-order valence-electron chi connectivity index (χ3n) is 2.23. The third kappa shape index (κ3) is 10.0. The normalized spacial score (nSPS) is 14.6. The van der Waals surface area contributed by atoms with Crippen molar-refractivity contribution in [3.8, 4) is 0 Å². The van der Waals surface area contributed by atoms with E-state index in [2.05, 4.69) is 0 Å². The van der Waals surface area contributed by atoms with Crippen LogP contribution in [0.4, 0.5) is 13.2 Å². The zero-order chi connectivity index (χ0) is 11.9. The van der Waals surface area contributed by atoms with Crippen LogP contribution in [0, 0.1) is 0 Å². The second kappa shape index (κ2) is 7.06. The lowest BCUT2D eigenvalue weighted by Gasteiger charge is -2.21. The minimum atomic E-state index is -4.09. The van der Waals surface area contributed by atoms with Crippen molar-refractivity contribution < 1.29 is 13.2 Å². The molecule has 0 amide bonds. The number of alkyl halides is 3. The maximum atomic E-state index is 12.1. The number of nitrogens with zero attached hydrogens (tertiary/aromatic N) is 1. The van der Waals surface area contributed by atoms with Crippen LogP contribution in [0.5, 0.6) is 0 Å². The Bertz CT molecular complexity index is 157. The Labute approximate surface area is 89.6 Å². The summed E-state index contributed by atoms with van der Waals surface area (Å²) >= 11 is 0. The van der Waals surface area contributed by atoms with Crippen LogP contribution >= 0.6 is 0 Å². The Morgan fingerprint density at radius 3 is 2.27 bits per heavy atom. The molecule has 0 spiro atoms. The highest BCUT2D eigenvalue weighted by Gasteiger charge is 2.29. The molecule has 92 valence electrons. The van der Waals surface area contributed by atoms with Gasteiger partial charge >= 0.3 is 6.18 Å². The van der Waals surface area contributed by atoms with Gasteiger partial charge in [0.15, 0.2) is 0 Å². The average Bonchev–Trinajstić information content (AvgIpc) is 2.08. The Balaban J connectivity index is 3.62. The van der Waals surface area contributed by atoms with Crippen molar-refractivity contribution in [2.75, 3.05) is 19.6 Å². The van der Waals surface area contributed by atoms with Crippen LogP contribution in [0.25, 0.3) is 0 Å². The fraction of sp³-hybridized carbons (Fsp3) is 1.00. The molecule has 0 radical (unpaired) electrons. The molecule has 0 aliphatic carbocycles. The zero-order valence-electron chi connectivity index (χ0n) is 9.48. The summed E-state index contributed by atoms with van der Waals surface area (Å²) in [6.45, 7) is 3.80. The molecule has 0 aromatic carbocycles. The van der Waals surface area contributed by atoms with Gasteiger partial charge in [-0.15, -0.1) is 0 Å². The topological polar surface area (TPSA) is 29.3 Å². The summed E-state index contributed by atoms with van der Waals surface area (Å²) in [7, 11) is 0. The average molecular weight is 226 g/mol. The van der Waals surface area contributed by atoms with E-state index in [9.17, 15) is 13.2 Å². The SMILES string of the molecule is CCN(CCCCC(C)N)CC(F)(F)F. The molecule has 5 heteroatoms. The van der Waals surface area contributed by atoms with E-state index in [0.29, 0.717) is 13.1 Å².